The molecule has 0 aliphatic heterocycles. The molecule has 7 nitrogen and oxygen atoms in total. The fourth-order valence-corrected chi connectivity index (χ4v) is 1.80. The van der Waals surface area contributed by atoms with Crippen LogP contribution in [0.1, 0.15) is 31.7 Å². The molecule has 0 saturated heterocycles. The van der Waals surface area contributed by atoms with Gasteiger partial charge in [-0.3, -0.25) is 14.8 Å². The maximum Gasteiger partial charge on any atom is 0.315 e. The van der Waals surface area contributed by atoms with Gasteiger partial charge >= 0.3 is 12.0 Å². The Labute approximate surface area is 124 Å². The maximum atomic E-state index is 11.6. The number of hydrogen-bond donors (Lipinski definition) is 3. The van der Waals surface area contributed by atoms with Gasteiger partial charge in [-0.1, -0.05) is 13.8 Å². The first-order valence-electron chi connectivity index (χ1n) is 6.90. The van der Waals surface area contributed by atoms with Gasteiger partial charge in [0.25, 0.3) is 0 Å². The van der Waals surface area contributed by atoms with Gasteiger partial charge in [-0.05, 0) is 19.3 Å². The van der Waals surface area contributed by atoms with E-state index in [1.807, 2.05) is 20.8 Å². The van der Waals surface area contributed by atoms with E-state index >= 15 is 0 Å². The Morgan fingerprint density at radius 3 is 2.48 bits per heavy atom. The molecule has 116 valence electrons. The summed E-state index contributed by atoms with van der Waals surface area (Å²) in [7, 11) is 0. The zero-order valence-electron chi connectivity index (χ0n) is 12.6. The molecule has 0 aromatic carbocycles. The topological polar surface area (TPSA) is 104 Å². The molecule has 3 N–H and O–H groups in total. The van der Waals surface area contributed by atoms with Crippen LogP contribution in [0.2, 0.25) is 0 Å². The number of carbonyl (C=O) groups is 2. The van der Waals surface area contributed by atoms with Gasteiger partial charge in [0.05, 0.1) is 30.0 Å². The third kappa shape index (κ3) is 6.69. The lowest BCUT2D eigenvalue weighted by Gasteiger charge is -2.15. The minimum absolute atomic E-state index is 0.110. The first kappa shape index (κ1) is 16.9. The first-order valence-corrected chi connectivity index (χ1v) is 6.90. The Bertz CT molecular complexity index is 474. The van der Waals surface area contributed by atoms with Gasteiger partial charge in [0.2, 0.25) is 0 Å². The third-order valence-electron chi connectivity index (χ3n) is 2.88. The molecule has 0 spiro atoms. The molecular formula is C14H22N4O3. The molecule has 7 heteroatoms. The van der Waals surface area contributed by atoms with Crippen molar-refractivity contribution in [2.75, 3.05) is 6.54 Å². The van der Waals surface area contributed by atoms with Crippen molar-refractivity contribution in [2.45, 2.75) is 33.7 Å². The van der Waals surface area contributed by atoms with Crippen LogP contribution >= 0.6 is 0 Å². The SMILES string of the molecule is Cc1cnc(CNC(=O)NCC(CC(C)C)C(=O)O)cn1. The molecule has 0 radical (unpaired) electrons. The number of amides is 2. The second-order valence-electron chi connectivity index (χ2n) is 5.38. The second kappa shape index (κ2) is 8.18. The van der Waals surface area contributed by atoms with Crippen molar-refractivity contribution >= 4 is 12.0 Å². The molecule has 0 saturated carbocycles. The van der Waals surface area contributed by atoms with Crippen LogP contribution in [0.4, 0.5) is 4.79 Å². The highest BCUT2D eigenvalue weighted by molar-refractivity contribution is 5.75. The lowest BCUT2D eigenvalue weighted by Crippen LogP contribution is -2.40. The average molecular weight is 294 g/mol. The van der Waals surface area contributed by atoms with Crippen LogP contribution in [-0.2, 0) is 11.3 Å². The lowest BCUT2D eigenvalue weighted by atomic mass is 9.97. The molecule has 0 bridgehead atoms. The van der Waals surface area contributed by atoms with Crippen LogP contribution in [-0.4, -0.2) is 33.6 Å². The molecular weight excluding hydrogens is 272 g/mol. The highest BCUT2D eigenvalue weighted by atomic mass is 16.4. The summed E-state index contributed by atoms with van der Waals surface area (Å²) in [6.07, 6.45) is 3.74. The highest BCUT2D eigenvalue weighted by Crippen LogP contribution is 2.10. The number of aromatic nitrogens is 2. The largest absolute Gasteiger partial charge is 0.481 e. The number of nitrogens with zero attached hydrogens (tertiary/aromatic N) is 2. The van der Waals surface area contributed by atoms with Crippen LogP contribution in [0, 0.1) is 18.8 Å². The van der Waals surface area contributed by atoms with E-state index in [1.165, 1.54) is 0 Å². The number of aliphatic carboxylic acids is 1. The van der Waals surface area contributed by atoms with Crippen molar-refractivity contribution in [1.29, 1.82) is 0 Å². The number of rotatable bonds is 7. The van der Waals surface area contributed by atoms with Crippen molar-refractivity contribution < 1.29 is 14.7 Å². The number of carboxylic acid groups (broad SMARTS) is 1. The van der Waals surface area contributed by atoms with Crippen molar-refractivity contribution in [1.82, 2.24) is 20.6 Å². The van der Waals surface area contributed by atoms with Gasteiger partial charge < -0.3 is 15.7 Å². The van der Waals surface area contributed by atoms with E-state index in [9.17, 15) is 9.59 Å². The molecule has 1 unspecified atom stereocenters. The van der Waals surface area contributed by atoms with Gasteiger partial charge in [-0.2, -0.15) is 0 Å². The molecule has 0 fully saturated rings. The molecule has 0 aliphatic rings. The number of carbonyl (C=O) groups excluding carboxylic acids is 1. The summed E-state index contributed by atoms with van der Waals surface area (Å²) in [6, 6.07) is -0.410. The second-order valence-corrected chi connectivity index (χ2v) is 5.38. The van der Waals surface area contributed by atoms with Crippen LogP contribution < -0.4 is 10.6 Å². The summed E-state index contributed by atoms with van der Waals surface area (Å²) in [4.78, 5) is 30.9. The van der Waals surface area contributed by atoms with E-state index in [4.69, 9.17) is 5.11 Å². The third-order valence-corrected chi connectivity index (χ3v) is 2.88. The molecule has 1 heterocycles. The van der Waals surface area contributed by atoms with Crippen LogP contribution in [0.15, 0.2) is 12.4 Å². The maximum absolute atomic E-state index is 11.6. The Morgan fingerprint density at radius 1 is 1.24 bits per heavy atom. The minimum Gasteiger partial charge on any atom is -0.481 e. The quantitative estimate of drug-likeness (QED) is 0.703. The van der Waals surface area contributed by atoms with Crippen molar-refractivity contribution in [3.8, 4) is 0 Å². The summed E-state index contributed by atoms with van der Waals surface area (Å²) in [5, 5.41) is 14.3. The Hall–Kier alpha value is -2.18. The summed E-state index contributed by atoms with van der Waals surface area (Å²) < 4.78 is 0. The molecule has 1 aromatic heterocycles. The molecule has 1 rings (SSSR count). The molecule has 0 aliphatic carbocycles. The molecule has 21 heavy (non-hydrogen) atoms. The highest BCUT2D eigenvalue weighted by Gasteiger charge is 2.19. The Morgan fingerprint density at radius 2 is 1.95 bits per heavy atom. The standard InChI is InChI=1S/C14H22N4O3/c1-9(2)4-11(13(19)20)6-17-14(21)18-8-12-7-15-10(3)5-16-12/h5,7,9,11H,4,6,8H2,1-3H3,(H,19,20)(H2,17,18,21). The predicted octanol–water partition coefficient (Wildman–Crippen LogP) is 1.33. The number of nitrogens with one attached hydrogen (secondary N) is 2. The number of carboxylic acids is 1. The fourth-order valence-electron chi connectivity index (χ4n) is 1.80. The monoisotopic (exact) mass is 294 g/mol. The van der Waals surface area contributed by atoms with E-state index in [0.29, 0.717) is 12.1 Å². The van der Waals surface area contributed by atoms with Gasteiger partial charge in [0.15, 0.2) is 0 Å². The summed E-state index contributed by atoms with van der Waals surface area (Å²) in [5.41, 5.74) is 1.45. The van der Waals surface area contributed by atoms with Crippen molar-refractivity contribution in [3.63, 3.8) is 0 Å². The van der Waals surface area contributed by atoms with Gasteiger partial charge in [0, 0.05) is 12.7 Å². The Kier molecular flexibility index (Phi) is 6.58. The van der Waals surface area contributed by atoms with Crippen molar-refractivity contribution in [3.05, 3.63) is 23.8 Å². The van der Waals surface area contributed by atoms with E-state index < -0.39 is 17.9 Å². The van der Waals surface area contributed by atoms with Gasteiger partial charge in [-0.25, -0.2) is 4.79 Å². The van der Waals surface area contributed by atoms with Gasteiger partial charge in [-0.15, -0.1) is 0 Å². The minimum atomic E-state index is -0.895. The lowest BCUT2D eigenvalue weighted by molar-refractivity contribution is -0.142. The molecule has 1 aromatic rings. The Balaban J connectivity index is 2.35. The number of urea groups is 1. The van der Waals surface area contributed by atoms with Crippen LogP contribution in [0.3, 0.4) is 0 Å². The van der Waals surface area contributed by atoms with Crippen molar-refractivity contribution in [2.24, 2.45) is 11.8 Å². The zero-order chi connectivity index (χ0) is 15.8. The summed E-state index contributed by atoms with van der Waals surface area (Å²) in [6.45, 7) is 6.09. The predicted molar refractivity (Wildman–Crippen MR) is 77.6 cm³/mol. The van der Waals surface area contributed by atoms with Crippen LogP contribution in [0.5, 0.6) is 0 Å². The summed E-state index contributed by atoms with van der Waals surface area (Å²) in [5.74, 6) is -1.21. The fraction of sp³-hybridized carbons (Fsp3) is 0.571. The van der Waals surface area contributed by atoms with Crippen LogP contribution in [0.25, 0.3) is 0 Å². The smallest absolute Gasteiger partial charge is 0.315 e. The average Bonchev–Trinajstić information content (AvgIpc) is 2.42. The number of aryl methyl sites for hydroxylation is 1. The zero-order valence-corrected chi connectivity index (χ0v) is 12.6. The van der Waals surface area contributed by atoms with Gasteiger partial charge in [0.1, 0.15) is 0 Å². The summed E-state index contributed by atoms with van der Waals surface area (Å²) >= 11 is 0. The molecule has 1 atom stereocenters. The molecule has 2 amide bonds. The van der Waals surface area contributed by atoms with E-state index in [-0.39, 0.29) is 19.0 Å². The van der Waals surface area contributed by atoms with E-state index in [2.05, 4.69) is 20.6 Å². The van der Waals surface area contributed by atoms with E-state index in [0.717, 1.165) is 5.69 Å². The normalized spacial score (nSPS) is 12.0. The van der Waals surface area contributed by atoms with E-state index in [1.54, 1.807) is 12.4 Å². The number of hydrogen-bond acceptors (Lipinski definition) is 4. The first-order chi connectivity index (χ1) is 9.88.